The molecule has 2 rings (SSSR count). The third-order valence-corrected chi connectivity index (χ3v) is 4.82. The first kappa shape index (κ1) is 14.1. The summed E-state index contributed by atoms with van der Waals surface area (Å²) in [4.78, 5) is 25.3. The number of hydrogen-bond donors (Lipinski definition) is 0. The summed E-state index contributed by atoms with van der Waals surface area (Å²) in [7, 11) is -3.27. The Hall–Kier alpha value is -1.34. The molecule has 0 radical (unpaired) electrons. The van der Waals surface area contributed by atoms with Gasteiger partial charge in [0.05, 0.1) is 22.9 Å². The van der Waals surface area contributed by atoms with E-state index in [-0.39, 0.29) is 28.9 Å². The summed E-state index contributed by atoms with van der Waals surface area (Å²) in [5.74, 6) is -0.0359. The van der Waals surface area contributed by atoms with Gasteiger partial charge in [-0.1, -0.05) is 0 Å². The molecule has 102 valence electrons. The zero-order chi connectivity index (χ0) is 14.2. The van der Waals surface area contributed by atoms with E-state index in [0.29, 0.717) is 10.6 Å². The van der Waals surface area contributed by atoms with Crippen LogP contribution in [0.1, 0.15) is 6.92 Å². The first-order valence-electron chi connectivity index (χ1n) is 5.56. The Bertz CT molecular complexity index is 652. The molecule has 0 aromatic heterocycles. The Morgan fingerprint density at radius 1 is 1.42 bits per heavy atom. The minimum Gasteiger partial charge on any atom is -0.303 e. The fourth-order valence-corrected chi connectivity index (χ4v) is 3.50. The first-order valence-corrected chi connectivity index (χ1v) is 8.43. The van der Waals surface area contributed by atoms with E-state index < -0.39 is 9.84 Å². The molecule has 7 heteroatoms. The van der Waals surface area contributed by atoms with Gasteiger partial charge in [0.25, 0.3) is 0 Å². The number of thioether (sulfide) groups is 1. The summed E-state index contributed by atoms with van der Waals surface area (Å²) < 4.78 is 23.0. The molecule has 1 aliphatic rings. The number of nitrogens with zero attached hydrogens (tertiary/aromatic N) is 1. The lowest BCUT2D eigenvalue weighted by Crippen LogP contribution is -2.38. The van der Waals surface area contributed by atoms with Gasteiger partial charge < -0.3 is 4.90 Å². The quantitative estimate of drug-likeness (QED) is 0.836. The number of fused-ring (bicyclic) bond motifs is 1. The smallest absolute Gasteiger partial charge is 0.237 e. The molecule has 1 aromatic carbocycles. The molecule has 0 saturated heterocycles. The van der Waals surface area contributed by atoms with Crippen molar-refractivity contribution in [2.24, 2.45) is 0 Å². The van der Waals surface area contributed by atoms with E-state index in [9.17, 15) is 18.0 Å². The maximum atomic E-state index is 11.8. The van der Waals surface area contributed by atoms with E-state index in [0.717, 1.165) is 6.26 Å². The summed E-state index contributed by atoms with van der Waals surface area (Å²) in [5.41, 5.74) is 0.601. The molecule has 0 saturated carbocycles. The lowest BCUT2D eigenvalue weighted by molar-refractivity contribution is -0.120. The van der Waals surface area contributed by atoms with Crippen LogP contribution < -0.4 is 4.90 Å². The van der Waals surface area contributed by atoms with Crippen LogP contribution in [0.4, 0.5) is 5.69 Å². The number of rotatable bonds is 3. The number of sulfone groups is 1. The van der Waals surface area contributed by atoms with Crippen molar-refractivity contribution < 1.29 is 18.0 Å². The van der Waals surface area contributed by atoms with Gasteiger partial charge in [-0.3, -0.25) is 9.59 Å². The number of carbonyl (C=O) groups is 2. The molecule has 5 nitrogen and oxygen atoms in total. The van der Waals surface area contributed by atoms with Crippen LogP contribution in [0, 0.1) is 0 Å². The van der Waals surface area contributed by atoms with Crippen molar-refractivity contribution in [2.45, 2.75) is 16.7 Å². The summed E-state index contributed by atoms with van der Waals surface area (Å²) in [6.45, 7) is 1.43. The van der Waals surface area contributed by atoms with Gasteiger partial charge in [-0.2, -0.15) is 0 Å². The van der Waals surface area contributed by atoms with Crippen LogP contribution >= 0.6 is 11.8 Å². The maximum Gasteiger partial charge on any atom is 0.237 e. The van der Waals surface area contributed by atoms with Crippen LogP contribution in [0.3, 0.4) is 0 Å². The van der Waals surface area contributed by atoms with E-state index in [1.807, 2.05) is 0 Å². The van der Waals surface area contributed by atoms with Crippen LogP contribution in [0.15, 0.2) is 28.0 Å². The highest BCUT2D eigenvalue weighted by atomic mass is 32.2. The predicted octanol–water partition coefficient (Wildman–Crippen LogP) is 1.12. The highest BCUT2D eigenvalue weighted by Crippen LogP contribution is 2.36. The Balaban J connectivity index is 2.47. The van der Waals surface area contributed by atoms with Crippen molar-refractivity contribution in [2.75, 3.05) is 23.5 Å². The van der Waals surface area contributed by atoms with Gasteiger partial charge >= 0.3 is 0 Å². The molecular formula is C12H13NO4S2. The highest BCUT2D eigenvalue weighted by Gasteiger charge is 2.26. The zero-order valence-corrected chi connectivity index (χ0v) is 12.2. The fraction of sp³-hybridized carbons (Fsp3) is 0.333. The Morgan fingerprint density at radius 3 is 2.68 bits per heavy atom. The van der Waals surface area contributed by atoms with Crippen molar-refractivity contribution in [1.29, 1.82) is 0 Å². The van der Waals surface area contributed by atoms with E-state index >= 15 is 0 Å². The second-order valence-corrected chi connectivity index (χ2v) is 7.41. The second kappa shape index (κ2) is 4.97. The van der Waals surface area contributed by atoms with Crippen molar-refractivity contribution in [3.63, 3.8) is 0 Å². The van der Waals surface area contributed by atoms with Crippen molar-refractivity contribution >= 4 is 39.0 Å². The number of Topliss-reactive ketones (excluding diaryl/α,β-unsaturated/α-hetero) is 1. The van der Waals surface area contributed by atoms with Crippen LogP contribution in [0.5, 0.6) is 0 Å². The molecule has 0 spiro atoms. The number of benzene rings is 1. The van der Waals surface area contributed by atoms with Crippen LogP contribution in [0.2, 0.25) is 0 Å². The lowest BCUT2D eigenvalue weighted by atomic mass is 10.2. The lowest BCUT2D eigenvalue weighted by Gasteiger charge is -2.28. The molecular weight excluding hydrogens is 286 g/mol. The minimum atomic E-state index is -3.27. The molecule has 0 atom stereocenters. The third-order valence-electron chi connectivity index (χ3n) is 2.68. The monoisotopic (exact) mass is 299 g/mol. The van der Waals surface area contributed by atoms with Crippen molar-refractivity contribution in [3.05, 3.63) is 18.2 Å². The number of hydrogen-bond acceptors (Lipinski definition) is 5. The van der Waals surface area contributed by atoms with E-state index in [4.69, 9.17) is 0 Å². The fourth-order valence-electron chi connectivity index (χ4n) is 1.81. The van der Waals surface area contributed by atoms with Gasteiger partial charge in [0, 0.05) is 11.2 Å². The van der Waals surface area contributed by atoms with E-state index in [1.54, 1.807) is 12.1 Å². The van der Waals surface area contributed by atoms with Crippen LogP contribution in [-0.4, -0.2) is 38.7 Å². The summed E-state index contributed by atoms with van der Waals surface area (Å²) in [5, 5.41) is 0. The second-order valence-electron chi connectivity index (χ2n) is 4.37. The van der Waals surface area contributed by atoms with Crippen LogP contribution in [-0.2, 0) is 19.4 Å². The number of amides is 1. The van der Waals surface area contributed by atoms with Gasteiger partial charge in [-0.15, -0.1) is 11.8 Å². The molecule has 1 amide bonds. The largest absolute Gasteiger partial charge is 0.303 e. The molecule has 0 bridgehead atoms. The molecule has 0 N–H and O–H groups in total. The van der Waals surface area contributed by atoms with Crippen molar-refractivity contribution in [1.82, 2.24) is 0 Å². The predicted molar refractivity (Wildman–Crippen MR) is 73.3 cm³/mol. The molecule has 19 heavy (non-hydrogen) atoms. The first-order chi connectivity index (χ1) is 8.79. The average molecular weight is 299 g/mol. The van der Waals surface area contributed by atoms with Crippen molar-refractivity contribution in [3.8, 4) is 0 Å². The number of carbonyl (C=O) groups excluding carboxylic acids is 2. The van der Waals surface area contributed by atoms with Gasteiger partial charge in [0.15, 0.2) is 9.84 Å². The standard InChI is InChI=1S/C12H13NO4S2/c1-8(14)6-13-10-4-3-9(19(2,16)17)5-11(10)18-7-12(13)15/h3-5H,6-7H2,1-2H3. The molecule has 0 fully saturated rings. The van der Waals surface area contributed by atoms with Crippen LogP contribution in [0.25, 0.3) is 0 Å². The Morgan fingerprint density at radius 2 is 2.11 bits per heavy atom. The Kier molecular flexibility index (Phi) is 3.69. The summed E-state index contributed by atoms with van der Waals surface area (Å²) >= 11 is 1.29. The summed E-state index contributed by atoms with van der Waals surface area (Å²) in [6.07, 6.45) is 1.14. The number of anilines is 1. The molecule has 1 aliphatic heterocycles. The Labute approximate surface area is 115 Å². The highest BCUT2D eigenvalue weighted by molar-refractivity contribution is 8.00. The van der Waals surface area contributed by atoms with Gasteiger partial charge in [-0.25, -0.2) is 8.42 Å². The molecule has 0 aliphatic carbocycles. The molecule has 1 heterocycles. The van der Waals surface area contributed by atoms with Gasteiger partial charge in [0.1, 0.15) is 5.78 Å². The third kappa shape index (κ3) is 2.98. The molecule has 1 aromatic rings. The van der Waals surface area contributed by atoms with E-state index in [1.165, 1.54) is 29.7 Å². The summed E-state index contributed by atoms with van der Waals surface area (Å²) in [6, 6.07) is 4.59. The minimum absolute atomic E-state index is 0.0185. The SMILES string of the molecule is CC(=O)CN1C(=O)CSc2cc(S(C)(=O)=O)ccc21. The average Bonchev–Trinajstić information content (AvgIpc) is 2.30. The van der Waals surface area contributed by atoms with E-state index in [2.05, 4.69) is 0 Å². The van der Waals surface area contributed by atoms with Gasteiger partial charge in [-0.05, 0) is 25.1 Å². The maximum absolute atomic E-state index is 11.8. The molecule has 0 unspecified atom stereocenters. The van der Waals surface area contributed by atoms with Gasteiger partial charge in [0.2, 0.25) is 5.91 Å². The zero-order valence-electron chi connectivity index (χ0n) is 10.5. The topological polar surface area (TPSA) is 71.5 Å². The normalized spacial score (nSPS) is 15.3. The number of ketones is 1.